The zero-order valence-electron chi connectivity index (χ0n) is 11.8. The highest BCUT2D eigenvalue weighted by atomic mass is 32.2. The lowest BCUT2D eigenvalue weighted by Gasteiger charge is -2.05. The monoisotopic (exact) mass is 303 g/mol. The predicted molar refractivity (Wildman–Crippen MR) is 78.7 cm³/mol. The van der Waals surface area contributed by atoms with Gasteiger partial charge >= 0.3 is 0 Å². The molecule has 2 aromatic rings. The molecule has 6 nitrogen and oxygen atoms in total. The molecule has 0 fully saturated rings. The summed E-state index contributed by atoms with van der Waals surface area (Å²) in [5.41, 5.74) is 1.80. The largest absolute Gasteiger partial charge is 0.295 e. The quantitative estimate of drug-likeness (QED) is 0.372. The topological polar surface area (TPSA) is 86.0 Å². The molecule has 0 spiro atoms. The number of hydrogen-bond acceptors (Lipinski definition) is 6. The molecule has 0 radical (unpaired) electrons. The van der Waals surface area contributed by atoms with Crippen LogP contribution in [0.15, 0.2) is 34.3 Å². The van der Waals surface area contributed by atoms with Crippen LogP contribution in [0.2, 0.25) is 0 Å². The summed E-state index contributed by atoms with van der Waals surface area (Å²) in [6, 6.07) is 6.24. The lowest BCUT2D eigenvalue weighted by molar-refractivity contribution is -0.387. The number of hydrogen-bond donors (Lipinski definition) is 0. The summed E-state index contributed by atoms with van der Waals surface area (Å²) in [7, 11) is 0. The second-order valence-corrected chi connectivity index (χ2v) is 5.54. The van der Waals surface area contributed by atoms with Crippen LogP contribution in [-0.2, 0) is 0 Å². The highest BCUT2D eigenvalue weighted by molar-refractivity contribution is 7.99. The van der Waals surface area contributed by atoms with E-state index < -0.39 is 4.92 Å². The molecule has 0 saturated heterocycles. The van der Waals surface area contributed by atoms with Gasteiger partial charge < -0.3 is 0 Å². The van der Waals surface area contributed by atoms with E-state index in [1.165, 1.54) is 13.0 Å². The van der Waals surface area contributed by atoms with Crippen molar-refractivity contribution in [2.75, 3.05) is 0 Å². The number of aryl methyl sites for hydroxylation is 2. The summed E-state index contributed by atoms with van der Waals surface area (Å²) >= 11 is 1.12. The van der Waals surface area contributed by atoms with E-state index >= 15 is 0 Å². The first-order valence-electron chi connectivity index (χ1n) is 6.16. The van der Waals surface area contributed by atoms with Gasteiger partial charge in [-0.3, -0.25) is 14.9 Å². The van der Waals surface area contributed by atoms with Gasteiger partial charge in [0.05, 0.1) is 9.82 Å². The Labute approximate surface area is 125 Å². The minimum Gasteiger partial charge on any atom is -0.295 e. The van der Waals surface area contributed by atoms with Crippen LogP contribution in [0, 0.1) is 24.0 Å². The number of rotatable bonds is 4. The zero-order valence-corrected chi connectivity index (χ0v) is 12.6. The fourth-order valence-electron chi connectivity index (χ4n) is 1.80. The van der Waals surface area contributed by atoms with Crippen LogP contribution in [0.5, 0.6) is 0 Å². The molecular weight excluding hydrogens is 290 g/mol. The minimum absolute atomic E-state index is 0.115. The number of nitro groups is 1. The molecule has 2 rings (SSSR count). The molecule has 0 bridgehead atoms. The Morgan fingerprint density at radius 2 is 1.81 bits per heavy atom. The van der Waals surface area contributed by atoms with Gasteiger partial charge in [-0.25, -0.2) is 9.97 Å². The van der Waals surface area contributed by atoms with E-state index in [-0.39, 0.29) is 11.5 Å². The van der Waals surface area contributed by atoms with E-state index in [0.717, 1.165) is 23.1 Å². The van der Waals surface area contributed by atoms with Crippen molar-refractivity contribution in [1.29, 1.82) is 0 Å². The van der Waals surface area contributed by atoms with Crippen molar-refractivity contribution >= 4 is 23.2 Å². The average Bonchev–Trinajstić information content (AvgIpc) is 2.37. The molecule has 0 N–H and O–H groups in total. The highest BCUT2D eigenvalue weighted by Crippen LogP contribution is 2.33. The molecule has 1 aromatic carbocycles. The Morgan fingerprint density at radius 3 is 2.33 bits per heavy atom. The van der Waals surface area contributed by atoms with Crippen molar-refractivity contribution in [3.63, 3.8) is 0 Å². The molecule has 0 atom stereocenters. The summed E-state index contributed by atoms with van der Waals surface area (Å²) in [4.78, 5) is 30.9. The smallest absolute Gasteiger partial charge is 0.284 e. The third-order valence-corrected chi connectivity index (χ3v) is 3.66. The molecule has 21 heavy (non-hydrogen) atoms. The van der Waals surface area contributed by atoms with Crippen LogP contribution < -0.4 is 0 Å². The number of nitrogens with zero attached hydrogens (tertiary/aromatic N) is 3. The van der Waals surface area contributed by atoms with Gasteiger partial charge in [0.2, 0.25) is 0 Å². The molecule has 1 heterocycles. The van der Waals surface area contributed by atoms with Gasteiger partial charge in [-0.2, -0.15) is 0 Å². The van der Waals surface area contributed by atoms with Gasteiger partial charge in [-0.05, 0) is 50.7 Å². The average molecular weight is 303 g/mol. The third-order valence-electron chi connectivity index (χ3n) is 2.73. The number of aromatic nitrogens is 2. The van der Waals surface area contributed by atoms with Crippen LogP contribution in [0.4, 0.5) is 5.69 Å². The number of ketones is 1. The van der Waals surface area contributed by atoms with Crippen LogP contribution in [0.25, 0.3) is 0 Å². The maximum atomic E-state index is 11.3. The standard InChI is InChI=1S/C14H13N3O3S/c1-8-6-9(2)16-14(15-8)21-13-5-4-11(10(3)18)7-12(13)17(19)20/h4-7H,1-3H3. The maximum absolute atomic E-state index is 11.3. The molecule has 1 aromatic heterocycles. The molecule has 108 valence electrons. The van der Waals surface area contributed by atoms with Crippen LogP contribution in [0.1, 0.15) is 28.7 Å². The summed E-state index contributed by atoms with van der Waals surface area (Å²) in [6.07, 6.45) is 0. The molecule has 0 saturated carbocycles. The number of benzene rings is 1. The SMILES string of the molecule is CC(=O)c1ccc(Sc2nc(C)cc(C)n2)c([N+](=O)[O-])c1. The molecule has 0 aliphatic heterocycles. The first-order chi connectivity index (χ1) is 9.86. The summed E-state index contributed by atoms with van der Waals surface area (Å²) in [5.74, 6) is -0.211. The van der Waals surface area contributed by atoms with E-state index in [2.05, 4.69) is 9.97 Å². The predicted octanol–water partition coefficient (Wildman–Crippen LogP) is 3.36. The Balaban J connectivity index is 2.43. The van der Waals surface area contributed by atoms with Gasteiger partial charge in [0, 0.05) is 23.0 Å². The molecule has 0 amide bonds. The molecular formula is C14H13N3O3S. The lowest BCUT2D eigenvalue weighted by atomic mass is 10.1. The summed E-state index contributed by atoms with van der Waals surface area (Å²) < 4.78 is 0. The van der Waals surface area contributed by atoms with E-state index in [0.29, 0.717) is 15.6 Å². The van der Waals surface area contributed by atoms with Gasteiger partial charge in [0.15, 0.2) is 10.9 Å². The van der Waals surface area contributed by atoms with Crippen LogP contribution >= 0.6 is 11.8 Å². The number of carbonyl (C=O) groups excluding carboxylic acids is 1. The Morgan fingerprint density at radius 1 is 1.19 bits per heavy atom. The zero-order chi connectivity index (χ0) is 15.6. The maximum Gasteiger partial charge on any atom is 0.284 e. The van der Waals surface area contributed by atoms with Gasteiger partial charge in [0.1, 0.15) is 0 Å². The normalized spacial score (nSPS) is 10.4. The van der Waals surface area contributed by atoms with Gasteiger partial charge in [-0.15, -0.1) is 0 Å². The van der Waals surface area contributed by atoms with E-state index in [1.807, 2.05) is 19.9 Å². The molecule has 0 aliphatic rings. The van der Waals surface area contributed by atoms with Crippen molar-refractivity contribution < 1.29 is 9.72 Å². The van der Waals surface area contributed by atoms with E-state index in [9.17, 15) is 14.9 Å². The second-order valence-electron chi connectivity index (χ2n) is 4.53. The van der Waals surface area contributed by atoms with Crippen LogP contribution in [0.3, 0.4) is 0 Å². The second kappa shape index (κ2) is 6.01. The lowest BCUT2D eigenvalue weighted by Crippen LogP contribution is -1.98. The van der Waals surface area contributed by atoms with Crippen LogP contribution in [-0.4, -0.2) is 20.7 Å². The molecule has 0 aliphatic carbocycles. The first kappa shape index (κ1) is 15.1. The van der Waals surface area contributed by atoms with Gasteiger partial charge in [-0.1, -0.05) is 0 Å². The fourth-order valence-corrected chi connectivity index (χ4v) is 2.75. The summed E-state index contributed by atoms with van der Waals surface area (Å²) in [5, 5.41) is 11.6. The number of Topliss-reactive ketones (excluding diaryl/α,β-unsaturated/α-hetero) is 1. The Bertz CT molecular complexity index is 711. The number of nitro benzene ring substituents is 1. The highest BCUT2D eigenvalue weighted by Gasteiger charge is 2.18. The molecule has 7 heteroatoms. The first-order valence-corrected chi connectivity index (χ1v) is 6.98. The van der Waals surface area contributed by atoms with Crippen molar-refractivity contribution in [2.24, 2.45) is 0 Å². The van der Waals surface area contributed by atoms with Gasteiger partial charge in [0.25, 0.3) is 5.69 Å². The van der Waals surface area contributed by atoms with Crippen molar-refractivity contribution in [2.45, 2.75) is 30.8 Å². The molecule has 0 unspecified atom stereocenters. The Kier molecular flexibility index (Phi) is 4.32. The fraction of sp³-hybridized carbons (Fsp3) is 0.214. The van der Waals surface area contributed by atoms with E-state index in [1.54, 1.807) is 12.1 Å². The van der Waals surface area contributed by atoms with E-state index in [4.69, 9.17) is 0 Å². The Hall–Kier alpha value is -2.28. The van der Waals surface area contributed by atoms with Crippen molar-refractivity contribution in [3.8, 4) is 0 Å². The van der Waals surface area contributed by atoms with Crippen molar-refractivity contribution in [1.82, 2.24) is 9.97 Å². The third kappa shape index (κ3) is 3.63. The minimum atomic E-state index is -0.503. The number of carbonyl (C=O) groups is 1. The summed E-state index contributed by atoms with van der Waals surface area (Å²) in [6.45, 7) is 5.05. The van der Waals surface area contributed by atoms with Crippen molar-refractivity contribution in [3.05, 3.63) is 51.3 Å².